The summed E-state index contributed by atoms with van der Waals surface area (Å²) in [4.78, 5) is 4.11. The fourth-order valence-corrected chi connectivity index (χ4v) is 1.71. The summed E-state index contributed by atoms with van der Waals surface area (Å²) < 4.78 is 40.6. The van der Waals surface area contributed by atoms with E-state index in [1.165, 1.54) is 12.1 Å². The molecule has 2 aromatic rings. The fourth-order valence-electron chi connectivity index (χ4n) is 1.40. The van der Waals surface area contributed by atoms with Crippen LogP contribution in [-0.2, 0) is 0 Å². The van der Waals surface area contributed by atoms with Crippen molar-refractivity contribution in [3.63, 3.8) is 0 Å². The highest BCUT2D eigenvalue weighted by atomic mass is 127. The topological polar surface area (TPSA) is 22.1 Å². The Morgan fingerprint density at radius 3 is 2.06 bits per heavy atom. The van der Waals surface area contributed by atoms with Gasteiger partial charge >= 0.3 is 6.36 Å². The van der Waals surface area contributed by atoms with Gasteiger partial charge in [-0.3, -0.25) is 0 Å². The van der Waals surface area contributed by atoms with Crippen LogP contribution in [0.2, 0.25) is 0 Å². The van der Waals surface area contributed by atoms with E-state index in [-0.39, 0.29) is 5.75 Å². The van der Waals surface area contributed by atoms with Crippen molar-refractivity contribution in [2.24, 2.45) is 0 Å². The summed E-state index contributed by atoms with van der Waals surface area (Å²) in [6, 6.07) is 9.36. The van der Waals surface area contributed by atoms with Crippen LogP contribution in [0.25, 0.3) is 11.1 Å². The second-order valence-electron chi connectivity index (χ2n) is 3.44. The third kappa shape index (κ3) is 3.59. The molecule has 1 aromatic heterocycles. The normalized spacial score (nSPS) is 11.3. The standard InChI is InChI=1S/C12H7F3INO/c13-12(14,15)18-10-4-1-8(2-5-10)9-3-6-11(16)17-7-9/h1-7H. The van der Waals surface area contributed by atoms with E-state index in [1.807, 2.05) is 12.1 Å². The molecular weight excluding hydrogens is 358 g/mol. The van der Waals surface area contributed by atoms with Crippen LogP contribution in [-0.4, -0.2) is 11.3 Å². The van der Waals surface area contributed by atoms with Gasteiger partial charge in [0.25, 0.3) is 0 Å². The Labute approximate surface area is 115 Å². The number of hydrogen-bond donors (Lipinski definition) is 0. The van der Waals surface area contributed by atoms with Crippen molar-refractivity contribution >= 4 is 22.6 Å². The lowest BCUT2D eigenvalue weighted by atomic mass is 10.1. The molecule has 0 aliphatic heterocycles. The highest BCUT2D eigenvalue weighted by Gasteiger charge is 2.30. The lowest BCUT2D eigenvalue weighted by Crippen LogP contribution is -2.16. The van der Waals surface area contributed by atoms with Crippen molar-refractivity contribution in [1.82, 2.24) is 4.98 Å². The van der Waals surface area contributed by atoms with E-state index in [0.29, 0.717) is 0 Å². The summed E-state index contributed by atoms with van der Waals surface area (Å²) in [7, 11) is 0. The smallest absolute Gasteiger partial charge is 0.406 e. The lowest BCUT2D eigenvalue weighted by Gasteiger charge is -2.09. The second kappa shape index (κ2) is 5.13. The summed E-state index contributed by atoms with van der Waals surface area (Å²) in [5, 5.41) is 0. The van der Waals surface area contributed by atoms with Gasteiger partial charge in [-0.05, 0) is 46.4 Å². The molecule has 0 bridgehead atoms. The average Bonchev–Trinajstić information content (AvgIpc) is 2.29. The molecule has 18 heavy (non-hydrogen) atoms. The Bertz CT molecular complexity index is 523. The second-order valence-corrected chi connectivity index (χ2v) is 4.55. The minimum atomic E-state index is -4.66. The number of aromatic nitrogens is 1. The molecule has 2 nitrogen and oxygen atoms in total. The summed E-state index contributed by atoms with van der Waals surface area (Å²) >= 11 is 2.08. The molecule has 0 saturated carbocycles. The Balaban J connectivity index is 2.20. The van der Waals surface area contributed by atoms with Crippen LogP contribution in [0.4, 0.5) is 13.2 Å². The van der Waals surface area contributed by atoms with E-state index in [0.717, 1.165) is 14.8 Å². The lowest BCUT2D eigenvalue weighted by molar-refractivity contribution is -0.274. The zero-order valence-corrected chi connectivity index (χ0v) is 11.1. The van der Waals surface area contributed by atoms with Crippen LogP contribution in [0.1, 0.15) is 0 Å². The molecule has 6 heteroatoms. The van der Waals surface area contributed by atoms with Crippen molar-refractivity contribution in [3.05, 3.63) is 46.3 Å². The minimum Gasteiger partial charge on any atom is -0.406 e. The fraction of sp³-hybridized carbons (Fsp3) is 0.0833. The van der Waals surface area contributed by atoms with Gasteiger partial charge in [0.15, 0.2) is 0 Å². The number of nitrogens with zero attached hydrogens (tertiary/aromatic N) is 1. The maximum absolute atomic E-state index is 12.0. The first-order valence-corrected chi connectivity index (χ1v) is 6.00. The highest BCUT2D eigenvalue weighted by Crippen LogP contribution is 2.26. The molecule has 0 atom stereocenters. The molecule has 0 N–H and O–H groups in total. The molecule has 2 rings (SSSR count). The van der Waals surface area contributed by atoms with Crippen molar-refractivity contribution in [2.45, 2.75) is 6.36 Å². The van der Waals surface area contributed by atoms with Crippen LogP contribution < -0.4 is 4.74 Å². The molecule has 1 heterocycles. The number of halogens is 4. The van der Waals surface area contributed by atoms with Gasteiger partial charge in [0, 0.05) is 11.8 Å². The first kappa shape index (κ1) is 13.1. The van der Waals surface area contributed by atoms with E-state index >= 15 is 0 Å². The molecule has 0 amide bonds. The summed E-state index contributed by atoms with van der Waals surface area (Å²) in [5.41, 5.74) is 1.63. The van der Waals surface area contributed by atoms with Crippen LogP contribution in [0, 0.1) is 3.70 Å². The van der Waals surface area contributed by atoms with Crippen LogP contribution in [0.15, 0.2) is 42.6 Å². The predicted octanol–water partition coefficient (Wildman–Crippen LogP) is 4.25. The average molecular weight is 365 g/mol. The van der Waals surface area contributed by atoms with Crippen molar-refractivity contribution in [2.75, 3.05) is 0 Å². The van der Waals surface area contributed by atoms with Gasteiger partial charge in [-0.2, -0.15) is 0 Å². The van der Waals surface area contributed by atoms with E-state index < -0.39 is 6.36 Å². The molecule has 94 valence electrons. The number of benzene rings is 1. The molecule has 0 fully saturated rings. The molecule has 1 aromatic carbocycles. The van der Waals surface area contributed by atoms with Gasteiger partial charge < -0.3 is 4.74 Å². The van der Waals surface area contributed by atoms with Gasteiger partial charge in [0.05, 0.1) is 0 Å². The number of rotatable bonds is 2. The Morgan fingerprint density at radius 2 is 1.56 bits per heavy atom. The summed E-state index contributed by atoms with van der Waals surface area (Å²) in [6.07, 6.45) is -2.99. The van der Waals surface area contributed by atoms with Crippen LogP contribution in [0.3, 0.4) is 0 Å². The SMILES string of the molecule is FC(F)(F)Oc1ccc(-c2ccc(I)nc2)cc1. The van der Waals surface area contributed by atoms with Crippen molar-refractivity contribution in [3.8, 4) is 16.9 Å². The summed E-state index contributed by atoms with van der Waals surface area (Å²) in [6.45, 7) is 0. The minimum absolute atomic E-state index is 0.232. The van der Waals surface area contributed by atoms with E-state index in [4.69, 9.17) is 0 Å². The van der Waals surface area contributed by atoms with E-state index in [1.54, 1.807) is 18.3 Å². The van der Waals surface area contributed by atoms with E-state index in [2.05, 4.69) is 32.3 Å². The van der Waals surface area contributed by atoms with Gasteiger partial charge in [-0.15, -0.1) is 13.2 Å². The third-order valence-corrected chi connectivity index (χ3v) is 2.79. The molecule has 0 saturated heterocycles. The number of ether oxygens (including phenoxy) is 1. The third-order valence-electron chi connectivity index (χ3n) is 2.15. The first-order valence-electron chi connectivity index (χ1n) is 4.92. The summed E-state index contributed by atoms with van der Waals surface area (Å²) in [5.74, 6) is -0.232. The van der Waals surface area contributed by atoms with Gasteiger partial charge in [0.1, 0.15) is 9.45 Å². The zero-order chi connectivity index (χ0) is 13.2. The van der Waals surface area contributed by atoms with E-state index in [9.17, 15) is 13.2 Å². The highest BCUT2D eigenvalue weighted by molar-refractivity contribution is 14.1. The molecule has 0 unspecified atom stereocenters. The molecular formula is C12H7F3INO. The van der Waals surface area contributed by atoms with Gasteiger partial charge in [-0.25, -0.2) is 4.98 Å². The number of alkyl halides is 3. The maximum Gasteiger partial charge on any atom is 0.573 e. The number of pyridine rings is 1. The van der Waals surface area contributed by atoms with Crippen molar-refractivity contribution in [1.29, 1.82) is 0 Å². The monoisotopic (exact) mass is 365 g/mol. The van der Waals surface area contributed by atoms with Crippen LogP contribution >= 0.6 is 22.6 Å². The zero-order valence-electron chi connectivity index (χ0n) is 8.91. The predicted molar refractivity (Wildman–Crippen MR) is 69.1 cm³/mol. The van der Waals surface area contributed by atoms with Crippen LogP contribution in [0.5, 0.6) is 5.75 Å². The van der Waals surface area contributed by atoms with Gasteiger partial charge in [-0.1, -0.05) is 18.2 Å². The quantitative estimate of drug-likeness (QED) is 0.587. The number of hydrogen-bond acceptors (Lipinski definition) is 2. The molecule has 0 aliphatic rings. The Kier molecular flexibility index (Phi) is 3.74. The Morgan fingerprint density at radius 1 is 0.944 bits per heavy atom. The first-order chi connectivity index (χ1) is 8.44. The largest absolute Gasteiger partial charge is 0.573 e. The maximum atomic E-state index is 12.0. The molecule has 0 spiro atoms. The molecule has 0 aliphatic carbocycles. The Hall–Kier alpha value is -1.31. The van der Waals surface area contributed by atoms with Gasteiger partial charge in [0.2, 0.25) is 0 Å². The molecule has 0 radical (unpaired) electrons. The van der Waals surface area contributed by atoms with Crippen molar-refractivity contribution < 1.29 is 17.9 Å².